The van der Waals surface area contributed by atoms with Crippen LogP contribution in [0.25, 0.3) is 0 Å². The van der Waals surface area contributed by atoms with Crippen LogP contribution in [0.4, 0.5) is 10.1 Å². The summed E-state index contributed by atoms with van der Waals surface area (Å²) < 4.78 is 47.1. The van der Waals surface area contributed by atoms with E-state index in [2.05, 4.69) is 5.32 Å². The van der Waals surface area contributed by atoms with Crippen molar-refractivity contribution in [3.63, 3.8) is 0 Å². The van der Waals surface area contributed by atoms with E-state index >= 15 is 0 Å². The number of nitrogens with zero attached hydrogens (tertiary/aromatic N) is 2. The number of carbonyl (C=O) groups excluding carboxylic acids is 1. The number of hydrogen-bond donors (Lipinski definition) is 1. The number of rotatable bonds is 8. The summed E-state index contributed by atoms with van der Waals surface area (Å²) in [7, 11) is -3.68. The first-order chi connectivity index (χ1) is 15.2. The number of anilines is 1. The maximum Gasteiger partial charge on any atom is 0.260 e. The SMILES string of the molecule is CC(C)CNC(=O)[C@H](C)Oc1ccc(S(=O)(=O)N2CCN(c3ccccc3F)CC2)cc1. The first-order valence-corrected chi connectivity index (χ1v) is 12.2. The topological polar surface area (TPSA) is 78.9 Å². The average Bonchev–Trinajstić information content (AvgIpc) is 2.78. The molecule has 1 atom stereocenters. The predicted octanol–water partition coefficient (Wildman–Crippen LogP) is 2.88. The number of ether oxygens (including phenoxy) is 1. The maximum atomic E-state index is 14.0. The fraction of sp³-hybridized carbons (Fsp3) is 0.435. The van der Waals surface area contributed by atoms with Crippen molar-refractivity contribution in [1.29, 1.82) is 0 Å². The number of carbonyl (C=O) groups is 1. The highest BCUT2D eigenvalue weighted by Crippen LogP contribution is 2.24. The molecule has 1 heterocycles. The number of benzene rings is 2. The number of hydrogen-bond acceptors (Lipinski definition) is 5. The van der Waals surface area contributed by atoms with Crippen LogP contribution in [-0.4, -0.2) is 57.5 Å². The van der Waals surface area contributed by atoms with Gasteiger partial charge in [-0.25, -0.2) is 12.8 Å². The number of piperazine rings is 1. The van der Waals surface area contributed by atoms with E-state index in [1.807, 2.05) is 18.7 Å². The molecule has 0 aromatic heterocycles. The maximum absolute atomic E-state index is 14.0. The Labute approximate surface area is 189 Å². The molecular weight excluding hydrogens is 433 g/mol. The van der Waals surface area contributed by atoms with E-state index in [4.69, 9.17) is 4.74 Å². The van der Waals surface area contributed by atoms with Gasteiger partial charge in [0.25, 0.3) is 5.91 Å². The van der Waals surface area contributed by atoms with Gasteiger partial charge in [-0.15, -0.1) is 0 Å². The van der Waals surface area contributed by atoms with Gasteiger partial charge in [-0.3, -0.25) is 4.79 Å². The Bertz CT molecular complexity index is 1020. The lowest BCUT2D eigenvalue weighted by Crippen LogP contribution is -2.48. The summed E-state index contributed by atoms with van der Waals surface area (Å²) in [5.41, 5.74) is 0.484. The molecule has 7 nitrogen and oxygen atoms in total. The van der Waals surface area contributed by atoms with Crippen LogP contribution in [0.1, 0.15) is 20.8 Å². The molecule has 9 heteroatoms. The second-order valence-electron chi connectivity index (χ2n) is 8.21. The molecule has 0 spiro atoms. The molecule has 1 aliphatic heterocycles. The second kappa shape index (κ2) is 10.3. The van der Waals surface area contributed by atoms with Crippen LogP contribution in [-0.2, 0) is 14.8 Å². The summed E-state index contributed by atoms with van der Waals surface area (Å²) in [5.74, 6) is 0.222. The Balaban J connectivity index is 1.59. The van der Waals surface area contributed by atoms with Crippen molar-refractivity contribution in [2.24, 2.45) is 5.92 Å². The van der Waals surface area contributed by atoms with E-state index in [1.165, 1.54) is 22.5 Å². The monoisotopic (exact) mass is 463 g/mol. The molecule has 32 heavy (non-hydrogen) atoms. The van der Waals surface area contributed by atoms with Crippen LogP contribution in [0.15, 0.2) is 53.4 Å². The summed E-state index contributed by atoms with van der Waals surface area (Å²) in [5, 5.41) is 2.81. The van der Waals surface area contributed by atoms with Gasteiger partial charge in [0.15, 0.2) is 6.10 Å². The number of para-hydroxylation sites is 1. The summed E-state index contributed by atoms with van der Waals surface area (Å²) in [6.07, 6.45) is -0.692. The van der Waals surface area contributed by atoms with Gasteiger partial charge in [-0.2, -0.15) is 4.31 Å². The Hall–Kier alpha value is -2.65. The highest BCUT2D eigenvalue weighted by atomic mass is 32.2. The normalized spacial score (nSPS) is 16.1. The molecule has 174 valence electrons. The minimum absolute atomic E-state index is 0.154. The Morgan fingerprint density at radius 2 is 1.66 bits per heavy atom. The van der Waals surface area contributed by atoms with E-state index in [0.717, 1.165) is 0 Å². The number of nitrogens with one attached hydrogen (secondary N) is 1. The van der Waals surface area contributed by atoms with Crippen LogP contribution in [0, 0.1) is 11.7 Å². The summed E-state index contributed by atoms with van der Waals surface area (Å²) in [6.45, 7) is 7.57. The lowest BCUT2D eigenvalue weighted by Gasteiger charge is -2.35. The molecule has 0 saturated carbocycles. The fourth-order valence-corrected chi connectivity index (χ4v) is 4.85. The number of halogens is 1. The third kappa shape index (κ3) is 5.77. The van der Waals surface area contributed by atoms with E-state index in [9.17, 15) is 17.6 Å². The molecule has 0 unspecified atom stereocenters. The molecule has 0 radical (unpaired) electrons. The molecule has 0 aliphatic carbocycles. The van der Waals surface area contributed by atoms with Crippen molar-refractivity contribution >= 4 is 21.6 Å². The van der Waals surface area contributed by atoms with Gasteiger partial charge in [-0.1, -0.05) is 26.0 Å². The third-order valence-electron chi connectivity index (χ3n) is 5.26. The lowest BCUT2D eigenvalue weighted by atomic mass is 10.2. The summed E-state index contributed by atoms with van der Waals surface area (Å²) >= 11 is 0. The Morgan fingerprint density at radius 3 is 2.25 bits per heavy atom. The first kappa shape index (κ1) is 24.0. The molecule has 0 bridgehead atoms. The minimum atomic E-state index is -3.68. The highest BCUT2D eigenvalue weighted by Gasteiger charge is 2.29. The van der Waals surface area contributed by atoms with Gasteiger partial charge >= 0.3 is 0 Å². The van der Waals surface area contributed by atoms with Crippen molar-refractivity contribution in [3.8, 4) is 5.75 Å². The van der Waals surface area contributed by atoms with E-state index < -0.39 is 16.1 Å². The van der Waals surface area contributed by atoms with Crippen molar-refractivity contribution in [3.05, 3.63) is 54.3 Å². The molecule has 1 aliphatic rings. The third-order valence-corrected chi connectivity index (χ3v) is 7.17. The molecule has 2 aromatic rings. The van der Waals surface area contributed by atoms with E-state index in [-0.39, 0.29) is 29.7 Å². The van der Waals surface area contributed by atoms with E-state index in [1.54, 1.807) is 37.3 Å². The Morgan fingerprint density at radius 1 is 1.03 bits per heavy atom. The van der Waals surface area contributed by atoms with Gasteiger partial charge in [0.2, 0.25) is 10.0 Å². The molecule has 2 aromatic carbocycles. The fourth-order valence-electron chi connectivity index (χ4n) is 3.42. The van der Waals surface area contributed by atoms with Gasteiger partial charge in [0.1, 0.15) is 11.6 Å². The average molecular weight is 464 g/mol. The highest BCUT2D eigenvalue weighted by molar-refractivity contribution is 7.89. The lowest BCUT2D eigenvalue weighted by molar-refractivity contribution is -0.127. The molecule has 3 rings (SSSR count). The largest absolute Gasteiger partial charge is 0.481 e. The minimum Gasteiger partial charge on any atom is -0.481 e. The summed E-state index contributed by atoms with van der Waals surface area (Å²) in [4.78, 5) is 14.1. The Kier molecular flexibility index (Phi) is 7.73. The van der Waals surface area contributed by atoms with Crippen LogP contribution >= 0.6 is 0 Å². The van der Waals surface area contributed by atoms with Crippen molar-refractivity contribution < 1.29 is 22.3 Å². The zero-order valence-electron chi connectivity index (χ0n) is 18.6. The predicted molar refractivity (Wildman–Crippen MR) is 122 cm³/mol. The molecule has 1 N–H and O–H groups in total. The standard InChI is InChI=1S/C23H30FN3O4S/c1-17(2)16-25-23(28)18(3)31-19-8-10-20(11-9-19)32(29,30)27-14-12-26(13-15-27)22-7-5-4-6-21(22)24/h4-11,17-18H,12-16H2,1-3H3,(H,25,28)/t18-/m0/s1. The molecule has 1 saturated heterocycles. The van der Waals surface area contributed by atoms with Gasteiger partial charge in [0, 0.05) is 32.7 Å². The number of sulfonamides is 1. The van der Waals surface area contributed by atoms with Crippen molar-refractivity contribution in [2.45, 2.75) is 31.8 Å². The number of amides is 1. The zero-order valence-corrected chi connectivity index (χ0v) is 19.4. The first-order valence-electron chi connectivity index (χ1n) is 10.7. The van der Waals surface area contributed by atoms with Crippen molar-refractivity contribution in [1.82, 2.24) is 9.62 Å². The zero-order chi connectivity index (χ0) is 23.3. The van der Waals surface area contributed by atoms with Gasteiger partial charge < -0.3 is 15.0 Å². The molecular formula is C23H30FN3O4S. The molecule has 1 fully saturated rings. The van der Waals surface area contributed by atoms with Crippen molar-refractivity contribution in [2.75, 3.05) is 37.6 Å². The summed E-state index contributed by atoms with van der Waals surface area (Å²) in [6, 6.07) is 12.5. The quantitative estimate of drug-likeness (QED) is 0.651. The van der Waals surface area contributed by atoms with Gasteiger partial charge in [0.05, 0.1) is 10.6 Å². The smallest absolute Gasteiger partial charge is 0.260 e. The second-order valence-corrected chi connectivity index (χ2v) is 10.2. The van der Waals surface area contributed by atoms with E-state index in [0.29, 0.717) is 37.0 Å². The van der Waals surface area contributed by atoms with Crippen LogP contribution < -0.4 is 15.0 Å². The van der Waals surface area contributed by atoms with Crippen LogP contribution in [0.3, 0.4) is 0 Å². The van der Waals surface area contributed by atoms with Crippen LogP contribution in [0.2, 0.25) is 0 Å². The van der Waals surface area contributed by atoms with Crippen LogP contribution in [0.5, 0.6) is 5.75 Å². The van der Waals surface area contributed by atoms with Gasteiger partial charge in [-0.05, 0) is 49.2 Å². The molecule has 1 amide bonds.